The van der Waals surface area contributed by atoms with Gasteiger partial charge in [0.1, 0.15) is 0 Å². The van der Waals surface area contributed by atoms with Crippen LogP contribution < -0.4 is 5.32 Å². The molecule has 2 heteroatoms. The first-order valence-corrected chi connectivity index (χ1v) is 3.35. The molecule has 1 rings (SSSR count). The molecule has 0 spiro atoms. The highest BCUT2D eigenvalue weighted by atomic mass is 14.8. The summed E-state index contributed by atoms with van der Waals surface area (Å²) in [5.74, 6) is 0.665. The lowest BCUT2D eigenvalue weighted by Gasteiger charge is -1.94. The van der Waals surface area contributed by atoms with Crippen LogP contribution in [0.15, 0.2) is 24.4 Å². The van der Waals surface area contributed by atoms with Crippen LogP contribution in [0.25, 0.3) is 0 Å². The Morgan fingerprint density at radius 1 is 1.70 bits per heavy atom. The average molecular weight is 134 g/mol. The summed E-state index contributed by atoms with van der Waals surface area (Å²) in [5, 5.41) is 10.7. The van der Waals surface area contributed by atoms with Crippen LogP contribution in [0.2, 0.25) is 0 Å². The third kappa shape index (κ3) is 1.63. The minimum absolute atomic E-state index is 0.665. The lowest BCUT2D eigenvalue weighted by Crippen LogP contribution is -1.95. The van der Waals surface area contributed by atoms with Crippen LogP contribution in [0.1, 0.15) is 12.8 Å². The smallest absolute Gasteiger partial charge is 0.180 e. The van der Waals surface area contributed by atoms with E-state index in [2.05, 4.69) is 11.9 Å². The maximum Gasteiger partial charge on any atom is 0.180 e. The second-order valence-corrected chi connectivity index (χ2v) is 2.38. The van der Waals surface area contributed by atoms with Crippen molar-refractivity contribution in [3.63, 3.8) is 0 Å². The van der Waals surface area contributed by atoms with Crippen molar-refractivity contribution in [3.05, 3.63) is 24.4 Å². The summed E-state index contributed by atoms with van der Waals surface area (Å²) in [6.07, 6.45) is 7.86. The van der Waals surface area contributed by atoms with Crippen molar-refractivity contribution in [1.29, 1.82) is 5.26 Å². The Hall–Kier alpha value is -1.23. The fourth-order valence-corrected chi connectivity index (χ4v) is 0.876. The van der Waals surface area contributed by atoms with E-state index in [1.54, 1.807) is 6.20 Å². The lowest BCUT2D eigenvalue weighted by molar-refractivity contribution is 1.02. The first-order valence-electron chi connectivity index (χ1n) is 3.35. The van der Waals surface area contributed by atoms with Gasteiger partial charge in [0.15, 0.2) is 6.19 Å². The van der Waals surface area contributed by atoms with Crippen molar-refractivity contribution in [1.82, 2.24) is 5.32 Å². The van der Waals surface area contributed by atoms with Crippen molar-refractivity contribution in [3.8, 4) is 6.19 Å². The van der Waals surface area contributed by atoms with Crippen LogP contribution in [0.4, 0.5) is 0 Å². The molecule has 0 radical (unpaired) electrons. The number of nitrogens with zero attached hydrogens (tertiary/aromatic N) is 1. The predicted molar refractivity (Wildman–Crippen MR) is 39.8 cm³/mol. The molecule has 10 heavy (non-hydrogen) atoms. The van der Waals surface area contributed by atoms with E-state index in [1.807, 2.05) is 12.3 Å². The van der Waals surface area contributed by atoms with E-state index in [9.17, 15) is 0 Å². The quantitative estimate of drug-likeness (QED) is 0.361. The molecule has 1 N–H and O–H groups in total. The molecule has 0 amide bonds. The second-order valence-electron chi connectivity index (χ2n) is 2.38. The minimum atomic E-state index is 0.665. The van der Waals surface area contributed by atoms with Gasteiger partial charge in [0.25, 0.3) is 0 Å². The third-order valence-corrected chi connectivity index (χ3v) is 1.59. The van der Waals surface area contributed by atoms with Crippen molar-refractivity contribution in [2.45, 2.75) is 12.8 Å². The first-order chi connectivity index (χ1) is 4.88. The average Bonchev–Trinajstić information content (AvgIpc) is 2.73. The Labute approximate surface area is 60.9 Å². The molecule has 0 heterocycles. The van der Waals surface area contributed by atoms with E-state index in [0.29, 0.717) is 5.92 Å². The number of nitrogens with one attached hydrogen (secondary N) is 1. The van der Waals surface area contributed by atoms with E-state index < -0.39 is 0 Å². The fourth-order valence-electron chi connectivity index (χ4n) is 0.876. The summed E-state index contributed by atoms with van der Waals surface area (Å²) >= 11 is 0. The lowest BCUT2D eigenvalue weighted by atomic mass is 10.2. The monoisotopic (exact) mass is 134 g/mol. The molecule has 1 aliphatic carbocycles. The Kier molecular flexibility index (Phi) is 2.11. The Bertz CT molecular complexity index is 194. The molecule has 2 nitrogen and oxygen atoms in total. The van der Waals surface area contributed by atoms with Crippen molar-refractivity contribution < 1.29 is 0 Å². The van der Waals surface area contributed by atoms with E-state index >= 15 is 0 Å². The summed E-state index contributed by atoms with van der Waals surface area (Å²) < 4.78 is 0. The van der Waals surface area contributed by atoms with Gasteiger partial charge in [-0.05, 0) is 24.3 Å². The summed E-state index contributed by atoms with van der Waals surface area (Å²) in [6.45, 7) is 3.66. The van der Waals surface area contributed by atoms with Crippen LogP contribution in [-0.2, 0) is 0 Å². The van der Waals surface area contributed by atoms with Gasteiger partial charge in [-0.3, -0.25) is 5.32 Å². The fraction of sp³-hybridized carbons (Fsp3) is 0.375. The maximum absolute atomic E-state index is 8.17. The Morgan fingerprint density at radius 3 is 2.80 bits per heavy atom. The van der Waals surface area contributed by atoms with Crippen LogP contribution >= 0.6 is 0 Å². The summed E-state index contributed by atoms with van der Waals surface area (Å²) in [5.41, 5.74) is 1.15. The van der Waals surface area contributed by atoms with E-state index in [4.69, 9.17) is 5.26 Å². The molecule has 52 valence electrons. The minimum Gasteiger partial charge on any atom is -0.299 e. The first kappa shape index (κ1) is 6.88. The van der Waals surface area contributed by atoms with Crippen LogP contribution in [0, 0.1) is 17.4 Å². The third-order valence-electron chi connectivity index (χ3n) is 1.59. The molecule has 1 fully saturated rings. The maximum atomic E-state index is 8.17. The van der Waals surface area contributed by atoms with Gasteiger partial charge in [0.2, 0.25) is 0 Å². The molecule has 0 unspecified atom stereocenters. The highest BCUT2D eigenvalue weighted by Crippen LogP contribution is 2.36. The zero-order valence-electron chi connectivity index (χ0n) is 5.80. The molecule has 0 aliphatic heterocycles. The van der Waals surface area contributed by atoms with Gasteiger partial charge >= 0.3 is 0 Å². The van der Waals surface area contributed by atoms with Crippen LogP contribution in [0.5, 0.6) is 0 Å². The molecular formula is C8H10N2. The van der Waals surface area contributed by atoms with Gasteiger partial charge in [-0.2, -0.15) is 5.26 Å². The number of nitriles is 1. The predicted octanol–water partition coefficient (Wildman–Crippen LogP) is 1.54. The number of allylic oxidation sites excluding steroid dienone is 2. The summed E-state index contributed by atoms with van der Waals surface area (Å²) in [4.78, 5) is 0. The van der Waals surface area contributed by atoms with E-state index in [-0.39, 0.29) is 0 Å². The van der Waals surface area contributed by atoms with Gasteiger partial charge < -0.3 is 0 Å². The molecule has 0 saturated heterocycles. The van der Waals surface area contributed by atoms with Gasteiger partial charge in [0, 0.05) is 6.20 Å². The van der Waals surface area contributed by atoms with Crippen molar-refractivity contribution in [2.75, 3.05) is 0 Å². The largest absolute Gasteiger partial charge is 0.299 e. The zero-order chi connectivity index (χ0) is 7.40. The Balaban J connectivity index is 2.46. The molecule has 1 saturated carbocycles. The number of rotatable bonds is 3. The Morgan fingerprint density at radius 2 is 2.40 bits per heavy atom. The highest BCUT2D eigenvalue weighted by molar-refractivity contribution is 5.23. The second kappa shape index (κ2) is 3.07. The van der Waals surface area contributed by atoms with Crippen LogP contribution in [0.3, 0.4) is 0 Å². The number of hydrogen-bond donors (Lipinski definition) is 1. The van der Waals surface area contributed by atoms with Crippen molar-refractivity contribution in [2.24, 2.45) is 5.92 Å². The molecule has 0 aromatic carbocycles. The highest BCUT2D eigenvalue weighted by Gasteiger charge is 2.23. The normalized spacial score (nSPS) is 17.7. The van der Waals surface area contributed by atoms with Crippen LogP contribution in [-0.4, -0.2) is 0 Å². The van der Waals surface area contributed by atoms with Gasteiger partial charge in [0.05, 0.1) is 0 Å². The summed E-state index contributed by atoms with van der Waals surface area (Å²) in [7, 11) is 0. The zero-order valence-corrected chi connectivity index (χ0v) is 5.80. The summed E-state index contributed by atoms with van der Waals surface area (Å²) in [6, 6.07) is 0. The standard InChI is InChI=1S/C8H10N2/c1-2-7(5-10-6-9)8-3-4-8/h2,5,8,10H,1,3-4H2/b7-5+. The molecular weight excluding hydrogens is 124 g/mol. The molecule has 0 aromatic heterocycles. The van der Waals surface area contributed by atoms with Gasteiger partial charge in [-0.25, -0.2) is 0 Å². The molecule has 0 atom stereocenters. The molecule has 0 aromatic rings. The molecule has 1 aliphatic rings. The number of hydrogen-bond acceptors (Lipinski definition) is 2. The van der Waals surface area contributed by atoms with E-state index in [1.165, 1.54) is 12.8 Å². The van der Waals surface area contributed by atoms with Gasteiger partial charge in [-0.1, -0.05) is 12.7 Å². The molecule has 0 bridgehead atoms. The van der Waals surface area contributed by atoms with Gasteiger partial charge in [-0.15, -0.1) is 0 Å². The SMILES string of the molecule is C=C/C(=C\NC#N)C1CC1. The van der Waals surface area contributed by atoms with Crippen molar-refractivity contribution >= 4 is 0 Å². The topological polar surface area (TPSA) is 35.8 Å². The van der Waals surface area contributed by atoms with E-state index in [0.717, 1.165) is 5.57 Å².